The Bertz CT molecular complexity index is 562. The van der Waals surface area contributed by atoms with Gasteiger partial charge in [-0.05, 0) is 31.2 Å². The lowest BCUT2D eigenvalue weighted by molar-refractivity contribution is 0.415. The minimum Gasteiger partial charge on any atom is -0.497 e. The molecule has 0 N–H and O–H groups in total. The van der Waals surface area contributed by atoms with Gasteiger partial charge in [-0.25, -0.2) is 0 Å². The lowest BCUT2D eigenvalue weighted by atomic mass is 10.2. The van der Waals surface area contributed by atoms with Crippen LogP contribution < -0.4 is 4.74 Å². The van der Waals surface area contributed by atoms with Crippen LogP contribution in [0.3, 0.4) is 0 Å². The third kappa shape index (κ3) is 3.26. The van der Waals surface area contributed by atoms with Gasteiger partial charge in [-0.15, -0.1) is 0 Å². The van der Waals surface area contributed by atoms with Crippen molar-refractivity contribution in [3.63, 3.8) is 0 Å². The van der Waals surface area contributed by atoms with Crippen molar-refractivity contribution in [2.45, 2.75) is 6.92 Å². The molecule has 0 aliphatic heterocycles. The largest absolute Gasteiger partial charge is 0.497 e. The summed E-state index contributed by atoms with van der Waals surface area (Å²) in [6.45, 7) is 2.04. The summed E-state index contributed by atoms with van der Waals surface area (Å²) in [6, 6.07) is 18.2. The molecule has 2 aromatic carbocycles. The summed E-state index contributed by atoms with van der Waals surface area (Å²) < 4.78 is 5.07. The third-order valence-electron chi connectivity index (χ3n) is 2.47. The molecule has 0 amide bonds. The van der Waals surface area contributed by atoms with E-state index in [1.807, 2.05) is 55.5 Å². The van der Waals surface area contributed by atoms with Gasteiger partial charge < -0.3 is 4.74 Å². The Morgan fingerprint density at radius 3 is 2.28 bits per heavy atom. The van der Waals surface area contributed by atoms with Gasteiger partial charge in [-0.3, -0.25) is 5.43 Å². The maximum Gasteiger partial charge on any atom is 0.309 e. The van der Waals surface area contributed by atoms with Gasteiger partial charge in [0.2, 0.25) is 0 Å². The minimum atomic E-state index is 0.774. The van der Waals surface area contributed by atoms with Gasteiger partial charge >= 0.3 is 6.07 Å². The smallest absolute Gasteiger partial charge is 0.309 e. The molecule has 0 radical (unpaired) electrons. The first-order chi connectivity index (χ1) is 8.78. The molecule has 0 saturated heterocycles. The summed E-state index contributed by atoms with van der Waals surface area (Å²) in [7, 11) is 1.63. The Kier molecular flexibility index (Phi) is 3.83. The summed E-state index contributed by atoms with van der Waals surface area (Å²) >= 11 is 0. The van der Waals surface area contributed by atoms with Gasteiger partial charge in [0.15, 0.2) is 0 Å². The molecule has 0 unspecified atom stereocenters. The van der Waals surface area contributed by atoms with Crippen molar-refractivity contribution in [1.29, 1.82) is 0 Å². The van der Waals surface area contributed by atoms with Gasteiger partial charge in [0.1, 0.15) is 11.3 Å². The number of benzene rings is 2. The number of rotatable bonds is 2. The van der Waals surface area contributed by atoms with Gasteiger partial charge in [0, 0.05) is 0 Å². The summed E-state index contributed by atoms with van der Waals surface area (Å²) in [6.07, 6.45) is 0. The molecule has 3 nitrogen and oxygen atoms in total. The van der Waals surface area contributed by atoms with Gasteiger partial charge in [0.05, 0.1) is 7.11 Å². The lowest BCUT2D eigenvalue weighted by Crippen LogP contribution is -1.79. The molecule has 0 aliphatic rings. The number of ether oxygens (including phenoxy) is 1. The molecule has 0 atom stereocenters. The fraction of sp³-hybridized carbons (Fsp3) is 0.133. The Balaban J connectivity index is 2.00. The lowest BCUT2D eigenvalue weighted by Gasteiger charge is -2.03. The van der Waals surface area contributed by atoms with E-state index in [2.05, 4.69) is 16.4 Å². The molecule has 2 aromatic rings. The first kappa shape index (κ1) is 12.0. The highest BCUT2D eigenvalue weighted by Gasteiger charge is 1.92. The summed E-state index contributed by atoms with van der Waals surface area (Å²) in [5, 5.41) is 0. The fourth-order valence-corrected chi connectivity index (χ4v) is 1.42. The molecule has 0 saturated carbocycles. The number of hydrogen-bond acceptors (Lipinski definition) is 1. The van der Waals surface area contributed by atoms with E-state index in [0.717, 1.165) is 17.0 Å². The zero-order valence-corrected chi connectivity index (χ0v) is 10.4. The number of hydrogen-bond donors (Lipinski definition) is 0. The van der Waals surface area contributed by atoms with E-state index in [4.69, 9.17) is 4.74 Å². The zero-order valence-electron chi connectivity index (χ0n) is 10.4. The van der Waals surface area contributed by atoms with Crippen molar-refractivity contribution >= 4 is 5.69 Å². The second kappa shape index (κ2) is 5.74. The van der Waals surface area contributed by atoms with E-state index in [1.54, 1.807) is 7.11 Å². The molecule has 18 heavy (non-hydrogen) atoms. The zero-order chi connectivity index (χ0) is 12.8. The first-order valence-corrected chi connectivity index (χ1v) is 5.65. The molecule has 0 bridgehead atoms. The summed E-state index contributed by atoms with van der Waals surface area (Å²) in [4.78, 5) is 3.93. The van der Waals surface area contributed by atoms with Crippen molar-refractivity contribution < 1.29 is 4.74 Å². The van der Waals surface area contributed by atoms with Crippen molar-refractivity contribution in [2.24, 2.45) is 0 Å². The van der Waals surface area contributed by atoms with E-state index in [1.165, 1.54) is 5.56 Å². The normalized spacial score (nSPS) is 9.22. The summed E-state index contributed by atoms with van der Waals surface area (Å²) in [5.74, 6) is 0.806. The molecule has 3 heteroatoms. The van der Waals surface area contributed by atoms with E-state index < -0.39 is 0 Å². The Morgan fingerprint density at radius 2 is 1.67 bits per heavy atom. The SMILES string of the molecule is COc1ccc([N-][N+]#Cc2ccc(C)cc2)cc1. The van der Waals surface area contributed by atoms with Crippen LogP contribution >= 0.6 is 0 Å². The standard InChI is InChI=1S/C15H14N2O/c1-12-3-5-13(6-4-12)11-16-17-14-7-9-15(18-2)10-8-14/h3-10H,1-2H3. The number of aryl methyl sites for hydroxylation is 1. The highest BCUT2D eigenvalue weighted by molar-refractivity contribution is 5.53. The molecular formula is C15H14N2O. The monoisotopic (exact) mass is 238 g/mol. The van der Waals surface area contributed by atoms with Crippen LogP contribution in [0.4, 0.5) is 5.69 Å². The molecule has 2 rings (SSSR count). The third-order valence-corrected chi connectivity index (χ3v) is 2.47. The van der Waals surface area contributed by atoms with Crippen LogP contribution in [0.1, 0.15) is 11.1 Å². The Labute approximate surface area is 107 Å². The molecule has 0 aromatic heterocycles. The fourth-order valence-electron chi connectivity index (χ4n) is 1.42. The topological polar surface area (TPSA) is 27.7 Å². The van der Waals surface area contributed by atoms with Crippen LogP contribution in [-0.2, 0) is 0 Å². The number of methoxy groups -OCH3 is 1. The molecule has 0 fully saturated rings. The van der Waals surface area contributed by atoms with Gasteiger partial charge in [-0.2, -0.15) is 0 Å². The van der Waals surface area contributed by atoms with Crippen molar-refractivity contribution in [3.05, 3.63) is 70.0 Å². The summed E-state index contributed by atoms with van der Waals surface area (Å²) in [5.41, 5.74) is 6.96. The Morgan fingerprint density at radius 1 is 1.00 bits per heavy atom. The van der Waals surface area contributed by atoms with Gasteiger partial charge in [-0.1, -0.05) is 40.5 Å². The van der Waals surface area contributed by atoms with E-state index in [9.17, 15) is 0 Å². The van der Waals surface area contributed by atoms with Crippen LogP contribution in [0.2, 0.25) is 0 Å². The first-order valence-electron chi connectivity index (χ1n) is 5.65. The number of nitrogens with zero attached hydrogens (tertiary/aromatic N) is 2. The second-order valence-corrected chi connectivity index (χ2v) is 3.88. The van der Waals surface area contributed by atoms with E-state index >= 15 is 0 Å². The average molecular weight is 238 g/mol. The van der Waals surface area contributed by atoms with Crippen LogP contribution in [0, 0.1) is 13.0 Å². The van der Waals surface area contributed by atoms with E-state index in [0.29, 0.717) is 0 Å². The minimum absolute atomic E-state index is 0.774. The molecule has 0 spiro atoms. The van der Waals surface area contributed by atoms with Gasteiger partial charge in [0.25, 0.3) is 0 Å². The second-order valence-electron chi connectivity index (χ2n) is 3.88. The van der Waals surface area contributed by atoms with Crippen LogP contribution in [0.25, 0.3) is 10.4 Å². The van der Waals surface area contributed by atoms with Crippen LogP contribution in [-0.4, -0.2) is 7.11 Å². The maximum absolute atomic E-state index is 5.07. The highest BCUT2D eigenvalue weighted by atomic mass is 16.5. The average Bonchev–Trinajstić information content (AvgIpc) is 2.42. The maximum atomic E-state index is 5.07. The van der Waals surface area contributed by atoms with Crippen molar-refractivity contribution in [3.8, 4) is 11.8 Å². The molecular weight excluding hydrogens is 224 g/mol. The molecule has 0 heterocycles. The van der Waals surface area contributed by atoms with Crippen molar-refractivity contribution in [1.82, 2.24) is 0 Å². The van der Waals surface area contributed by atoms with Crippen LogP contribution in [0.5, 0.6) is 5.75 Å². The van der Waals surface area contributed by atoms with Crippen molar-refractivity contribution in [2.75, 3.05) is 7.11 Å². The predicted octanol–water partition coefficient (Wildman–Crippen LogP) is 4.31. The Hall–Kier alpha value is -2.47. The highest BCUT2D eigenvalue weighted by Crippen LogP contribution is 2.22. The molecule has 0 aliphatic carbocycles. The van der Waals surface area contributed by atoms with Crippen LogP contribution in [0.15, 0.2) is 48.5 Å². The quantitative estimate of drug-likeness (QED) is 0.716. The van der Waals surface area contributed by atoms with E-state index in [-0.39, 0.29) is 0 Å². The molecule has 90 valence electrons. The predicted molar refractivity (Wildman–Crippen MR) is 73.5 cm³/mol.